The van der Waals surface area contributed by atoms with Crippen molar-refractivity contribution in [1.29, 1.82) is 0 Å². The summed E-state index contributed by atoms with van der Waals surface area (Å²) in [5.74, 6) is -1.14. The molecule has 1 aliphatic heterocycles. The Morgan fingerprint density at radius 2 is 2.03 bits per heavy atom. The minimum absolute atomic E-state index is 0.109. The largest absolute Gasteiger partial charge is 0.383 e. The Kier molecular flexibility index (Phi) is 5.64. The Bertz CT molecular complexity index is 1320. The van der Waals surface area contributed by atoms with Gasteiger partial charge >= 0.3 is 0 Å². The van der Waals surface area contributed by atoms with Crippen LogP contribution in [0.25, 0.3) is 4.85 Å². The van der Waals surface area contributed by atoms with Crippen LogP contribution in [0.15, 0.2) is 47.7 Å². The van der Waals surface area contributed by atoms with Crippen molar-refractivity contribution in [1.82, 2.24) is 15.0 Å². The molecule has 0 bridgehead atoms. The molecule has 1 atom stereocenters. The highest BCUT2D eigenvalue weighted by Gasteiger charge is 2.47. The number of halogens is 3. The number of aromatic nitrogens is 3. The molecule has 0 spiro atoms. The van der Waals surface area contributed by atoms with Crippen molar-refractivity contribution in [3.05, 3.63) is 93.9 Å². The lowest BCUT2D eigenvalue weighted by molar-refractivity contribution is 0.0495. The molecule has 2 aromatic heterocycles. The zero-order valence-electron chi connectivity index (χ0n) is 17.4. The lowest BCUT2D eigenvalue weighted by atomic mass is 9.81. The highest BCUT2D eigenvalue weighted by atomic mass is 19.3. The highest BCUT2D eigenvalue weighted by Crippen LogP contribution is 2.41. The van der Waals surface area contributed by atoms with E-state index in [0.717, 1.165) is 6.07 Å². The van der Waals surface area contributed by atoms with Crippen LogP contribution in [-0.4, -0.2) is 33.0 Å². The van der Waals surface area contributed by atoms with Gasteiger partial charge in [0.25, 0.3) is 6.43 Å². The molecular formula is C23H17F3N6O. The number of nitrogens with two attached hydrogens (primary N) is 1. The highest BCUT2D eigenvalue weighted by molar-refractivity contribution is 5.99. The number of amidine groups is 1. The topological polar surface area (TPSA) is 98.5 Å². The van der Waals surface area contributed by atoms with Crippen LogP contribution in [-0.2, 0) is 18.4 Å². The van der Waals surface area contributed by atoms with Crippen molar-refractivity contribution in [2.75, 3.05) is 0 Å². The number of aryl methyl sites for hydroxylation is 1. The number of carbonyl (C=O) groups excluding carboxylic acids is 1. The molecule has 3 heterocycles. The number of hydrogen-bond acceptors (Lipinski definition) is 6. The number of carbonyl (C=O) groups is 1. The summed E-state index contributed by atoms with van der Waals surface area (Å²) < 4.78 is 43.8. The van der Waals surface area contributed by atoms with Crippen LogP contribution in [0.5, 0.6) is 0 Å². The SMILES string of the molecule is [C-]#[N+]c1ccc(C(=O)Cc2ccc(F)c([C@]3(C(F)F)Cc4nc(C)ncc4C(N)=N3)c2)nc1. The minimum atomic E-state index is -3.09. The molecule has 0 saturated carbocycles. The van der Waals surface area contributed by atoms with Gasteiger partial charge in [-0.05, 0) is 30.7 Å². The zero-order valence-corrected chi connectivity index (χ0v) is 17.4. The summed E-state index contributed by atoms with van der Waals surface area (Å²) in [6.45, 7) is 8.55. The maximum atomic E-state index is 14.9. The quantitative estimate of drug-likeness (QED) is 0.472. The number of aliphatic imine (C=N–C) groups is 1. The monoisotopic (exact) mass is 450 g/mol. The molecule has 0 aliphatic carbocycles. The summed E-state index contributed by atoms with van der Waals surface area (Å²) in [5.41, 5.74) is 4.56. The molecule has 0 radical (unpaired) electrons. The average Bonchev–Trinajstić information content (AvgIpc) is 2.79. The van der Waals surface area contributed by atoms with Crippen molar-refractivity contribution in [2.45, 2.75) is 31.7 Å². The predicted octanol–water partition coefficient (Wildman–Crippen LogP) is 3.72. The van der Waals surface area contributed by atoms with Gasteiger partial charge in [-0.25, -0.2) is 28.0 Å². The number of fused-ring (bicyclic) bond motifs is 1. The summed E-state index contributed by atoms with van der Waals surface area (Å²) in [5, 5.41) is 0. The third kappa shape index (κ3) is 4.05. The molecule has 2 N–H and O–H groups in total. The first kappa shape index (κ1) is 22.1. The van der Waals surface area contributed by atoms with Crippen LogP contribution >= 0.6 is 0 Å². The number of pyridine rings is 1. The molecule has 0 unspecified atom stereocenters. The summed E-state index contributed by atoms with van der Waals surface area (Å²) in [7, 11) is 0. The standard InChI is InChI=1S/C23H17F3N6O/c1-12-29-11-15-19(31-12)9-23(22(25)26,32-21(15)27)16-7-13(3-5-17(16)24)8-20(33)18-6-4-14(28-2)10-30-18/h3-7,10-11,22H,8-9H2,1H3,(H2,27,32)/t23-/m0/s1. The summed E-state index contributed by atoms with van der Waals surface area (Å²) >= 11 is 0. The lowest BCUT2D eigenvalue weighted by Crippen LogP contribution is -2.42. The first-order valence-corrected chi connectivity index (χ1v) is 9.85. The normalized spacial score (nSPS) is 17.3. The molecule has 1 aromatic carbocycles. The molecule has 0 fully saturated rings. The van der Waals surface area contributed by atoms with Gasteiger partial charge in [0.05, 0.1) is 17.8 Å². The lowest BCUT2D eigenvalue weighted by Gasteiger charge is -2.34. The van der Waals surface area contributed by atoms with Crippen LogP contribution in [0.2, 0.25) is 0 Å². The number of hydrogen-bond donors (Lipinski definition) is 1. The van der Waals surface area contributed by atoms with E-state index in [0.29, 0.717) is 17.0 Å². The van der Waals surface area contributed by atoms with Gasteiger partial charge < -0.3 is 5.73 Å². The van der Waals surface area contributed by atoms with Crippen LogP contribution in [0.4, 0.5) is 18.9 Å². The summed E-state index contributed by atoms with van der Waals surface area (Å²) in [6.07, 6.45) is -0.999. The van der Waals surface area contributed by atoms with Gasteiger partial charge in [0.1, 0.15) is 23.2 Å². The van der Waals surface area contributed by atoms with E-state index in [1.165, 1.54) is 36.7 Å². The van der Waals surface area contributed by atoms with E-state index in [4.69, 9.17) is 12.3 Å². The minimum Gasteiger partial charge on any atom is -0.383 e. The Balaban J connectivity index is 1.73. The molecule has 166 valence electrons. The van der Waals surface area contributed by atoms with Gasteiger partial charge in [-0.3, -0.25) is 14.8 Å². The second-order valence-electron chi connectivity index (χ2n) is 7.60. The van der Waals surface area contributed by atoms with Crippen LogP contribution < -0.4 is 5.73 Å². The number of benzene rings is 1. The van der Waals surface area contributed by atoms with Gasteiger partial charge in [0, 0.05) is 30.8 Å². The van der Waals surface area contributed by atoms with Gasteiger partial charge in [-0.2, -0.15) is 0 Å². The average molecular weight is 450 g/mol. The molecule has 0 saturated heterocycles. The van der Waals surface area contributed by atoms with Crippen LogP contribution in [0, 0.1) is 19.3 Å². The fraction of sp³-hybridized carbons (Fsp3) is 0.217. The molecule has 7 nitrogen and oxygen atoms in total. The number of ketones is 1. The molecule has 0 amide bonds. The summed E-state index contributed by atoms with van der Waals surface area (Å²) in [4.78, 5) is 32.0. The van der Waals surface area contributed by atoms with Crippen LogP contribution in [0.3, 0.4) is 0 Å². The first-order chi connectivity index (χ1) is 15.7. The fourth-order valence-electron chi connectivity index (χ4n) is 3.74. The Labute approximate surface area is 187 Å². The molecule has 4 rings (SSSR count). The number of Topliss-reactive ketones (excluding diaryl/α,β-unsaturated/α-hetero) is 1. The van der Waals surface area contributed by atoms with E-state index >= 15 is 0 Å². The second-order valence-corrected chi connectivity index (χ2v) is 7.60. The third-order valence-electron chi connectivity index (χ3n) is 5.41. The molecule has 10 heteroatoms. The number of rotatable bonds is 5. The second kappa shape index (κ2) is 8.43. The van der Waals surface area contributed by atoms with Crippen molar-refractivity contribution in [3.8, 4) is 0 Å². The van der Waals surface area contributed by atoms with E-state index in [2.05, 4.69) is 24.8 Å². The smallest absolute Gasteiger partial charge is 0.268 e. The van der Waals surface area contributed by atoms with E-state index in [-0.39, 0.29) is 41.3 Å². The summed E-state index contributed by atoms with van der Waals surface area (Å²) in [6, 6.07) is 6.45. The van der Waals surface area contributed by atoms with Crippen molar-refractivity contribution < 1.29 is 18.0 Å². The van der Waals surface area contributed by atoms with E-state index < -0.39 is 23.6 Å². The molecular weight excluding hydrogens is 433 g/mol. The Hall–Kier alpha value is -4.13. The van der Waals surface area contributed by atoms with E-state index in [9.17, 15) is 18.0 Å². The van der Waals surface area contributed by atoms with E-state index in [1.54, 1.807) is 6.92 Å². The number of alkyl halides is 2. The molecule has 3 aromatic rings. The Morgan fingerprint density at radius 3 is 2.70 bits per heavy atom. The predicted molar refractivity (Wildman–Crippen MR) is 114 cm³/mol. The molecule has 33 heavy (non-hydrogen) atoms. The first-order valence-electron chi connectivity index (χ1n) is 9.85. The van der Waals surface area contributed by atoms with E-state index in [1.807, 2.05) is 0 Å². The van der Waals surface area contributed by atoms with Gasteiger partial charge in [0.2, 0.25) is 5.69 Å². The van der Waals surface area contributed by atoms with Gasteiger partial charge in [0.15, 0.2) is 11.3 Å². The van der Waals surface area contributed by atoms with Crippen molar-refractivity contribution >= 4 is 17.3 Å². The maximum Gasteiger partial charge on any atom is 0.268 e. The maximum absolute atomic E-state index is 14.9. The Morgan fingerprint density at radius 1 is 1.24 bits per heavy atom. The molecule has 1 aliphatic rings. The van der Waals surface area contributed by atoms with Crippen molar-refractivity contribution in [3.63, 3.8) is 0 Å². The third-order valence-corrected chi connectivity index (χ3v) is 5.41. The van der Waals surface area contributed by atoms with Crippen LogP contribution in [0.1, 0.15) is 38.7 Å². The van der Waals surface area contributed by atoms with Crippen molar-refractivity contribution in [2.24, 2.45) is 10.7 Å². The fourth-order valence-corrected chi connectivity index (χ4v) is 3.74. The van der Waals surface area contributed by atoms with Gasteiger partial charge in [-0.1, -0.05) is 12.1 Å². The number of nitrogens with zero attached hydrogens (tertiary/aromatic N) is 5. The van der Waals surface area contributed by atoms with Gasteiger partial charge in [-0.15, -0.1) is 0 Å². The zero-order chi connectivity index (χ0) is 23.8.